The molecule has 4 nitrogen and oxygen atoms in total. The molecule has 1 aliphatic heterocycles. The zero-order valence-electron chi connectivity index (χ0n) is 14.8. The summed E-state index contributed by atoms with van der Waals surface area (Å²) in [7, 11) is 1.86. The van der Waals surface area contributed by atoms with E-state index in [4.69, 9.17) is 4.74 Å². The van der Waals surface area contributed by atoms with Crippen molar-refractivity contribution >= 4 is 17.7 Å². The van der Waals surface area contributed by atoms with Crippen molar-refractivity contribution in [3.63, 3.8) is 0 Å². The van der Waals surface area contributed by atoms with Crippen LogP contribution in [0.2, 0.25) is 0 Å². The molecule has 0 spiro atoms. The molecule has 1 aromatic rings. The van der Waals surface area contributed by atoms with Crippen molar-refractivity contribution < 1.29 is 4.74 Å². The minimum atomic E-state index is 0.273. The van der Waals surface area contributed by atoms with E-state index in [1.165, 1.54) is 17.5 Å². The van der Waals surface area contributed by atoms with E-state index in [1.807, 2.05) is 18.8 Å². The Hall–Kier alpha value is -1.20. The van der Waals surface area contributed by atoms with Crippen LogP contribution in [0.25, 0.3) is 0 Å². The lowest BCUT2D eigenvalue weighted by Crippen LogP contribution is -2.51. The van der Waals surface area contributed by atoms with Gasteiger partial charge in [0.2, 0.25) is 0 Å². The Balaban J connectivity index is 1.54. The third kappa shape index (κ3) is 4.25. The highest BCUT2D eigenvalue weighted by Crippen LogP contribution is 2.33. The normalized spacial score (nSPS) is 23.4. The number of benzene rings is 1. The van der Waals surface area contributed by atoms with Crippen LogP contribution in [0.5, 0.6) is 0 Å². The van der Waals surface area contributed by atoms with Crippen molar-refractivity contribution in [1.29, 1.82) is 0 Å². The molecule has 0 aromatic heterocycles. The first-order valence-corrected chi connectivity index (χ1v) is 10.1. The number of nitrogens with one attached hydrogen (secondary N) is 2. The Labute approximate surface area is 149 Å². The van der Waals surface area contributed by atoms with Crippen LogP contribution in [0.3, 0.4) is 0 Å². The van der Waals surface area contributed by atoms with Crippen LogP contribution in [0.4, 0.5) is 0 Å². The van der Waals surface area contributed by atoms with Crippen molar-refractivity contribution in [2.24, 2.45) is 4.99 Å². The van der Waals surface area contributed by atoms with E-state index in [2.05, 4.69) is 46.1 Å². The van der Waals surface area contributed by atoms with Gasteiger partial charge < -0.3 is 15.4 Å². The summed E-state index contributed by atoms with van der Waals surface area (Å²) in [6.45, 7) is 2.68. The number of hydrogen-bond donors (Lipinski definition) is 2. The molecule has 2 aliphatic rings. The lowest BCUT2D eigenvalue weighted by atomic mass is 9.88. The Morgan fingerprint density at radius 2 is 2.04 bits per heavy atom. The number of aliphatic imine (C=N–C) groups is 1. The molecule has 132 valence electrons. The van der Waals surface area contributed by atoms with Crippen LogP contribution >= 0.6 is 11.8 Å². The topological polar surface area (TPSA) is 45.7 Å². The predicted octanol–water partition coefficient (Wildman–Crippen LogP) is 2.62. The van der Waals surface area contributed by atoms with Crippen molar-refractivity contribution in [1.82, 2.24) is 10.6 Å². The highest BCUT2D eigenvalue weighted by molar-refractivity contribution is 8.00. The van der Waals surface area contributed by atoms with Gasteiger partial charge >= 0.3 is 0 Å². The quantitative estimate of drug-likeness (QED) is 0.649. The average molecular weight is 348 g/mol. The number of nitrogens with zero attached hydrogens (tertiary/aromatic N) is 1. The molecular formula is C19H29N3OS. The van der Waals surface area contributed by atoms with Crippen LogP contribution in [0.1, 0.15) is 30.4 Å². The summed E-state index contributed by atoms with van der Waals surface area (Å²) in [6.07, 6.45) is 7.82. The molecule has 1 atom stereocenters. The van der Waals surface area contributed by atoms with Gasteiger partial charge in [0.25, 0.3) is 0 Å². The van der Waals surface area contributed by atoms with Crippen LogP contribution < -0.4 is 10.6 Å². The number of fused-ring (bicyclic) bond motifs is 1. The fourth-order valence-corrected chi connectivity index (χ4v) is 4.44. The first kappa shape index (κ1) is 17.6. The monoisotopic (exact) mass is 347 g/mol. The fraction of sp³-hybridized carbons (Fsp3) is 0.632. The average Bonchev–Trinajstić information content (AvgIpc) is 2.65. The van der Waals surface area contributed by atoms with Crippen LogP contribution in [0, 0.1) is 0 Å². The van der Waals surface area contributed by atoms with Gasteiger partial charge in [0.1, 0.15) is 0 Å². The molecule has 1 saturated heterocycles. The molecule has 0 amide bonds. The van der Waals surface area contributed by atoms with Gasteiger partial charge in [-0.25, -0.2) is 0 Å². The Kier molecular flexibility index (Phi) is 6.06. The van der Waals surface area contributed by atoms with Gasteiger partial charge in [-0.05, 0) is 49.5 Å². The standard InChI is InChI=1S/C19H29N3OS/c1-20-18(21-14-19(24-2)9-11-23-12-10-19)22-17-8-7-15-5-3-4-6-16(15)13-17/h3-6,17H,7-14H2,1-2H3,(H2,20,21,22). The van der Waals surface area contributed by atoms with E-state index in [1.54, 1.807) is 0 Å². The summed E-state index contributed by atoms with van der Waals surface area (Å²) in [6, 6.07) is 9.26. The highest BCUT2D eigenvalue weighted by atomic mass is 32.2. The first-order valence-electron chi connectivity index (χ1n) is 8.91. The van der Waals surface area contributed by atoms with E-state index in [-0.39, 0.29) is 4.75 Å². The molecule has 2 N–H and O–H groups in total. The summed E-state index contributed by atoms with van der Waals surface area (Å²) in [5.74, 6) is 0.930. The molecule has 5 heteroatoms. The number of thioether (sulfide) groups is 1. The second-order valence-corrected chi connectivity index (χ2v) is 8.05. The summed E-state index contributed by atoms with van der Waals surface area (Å²) in [4.78, 5) is 4.44. The van der Waals surface area contributed by atoms with Gasteiger partial charge in [-0.3, -0.25) is 4.99 Å². The fourth-order valence-electron chi connectivity index (χ4n) is 3.65. The van der Waals surface area contributed by atoms with Gasteiger partial charge in [-0.2, -0.15) is 11.8 Å². The van der Waals surface area contributed by atoms with E-state index < -0.39 is 0 Å². The smallest absolute Gasteiger partial charge is 0.191 e. The SMILES string of the molecule is CN=C(NCC1(SC)CCOCC1)NC1CCc2ccccc2C1. The molecule has 1 heterocycles. The minimum Gasteiger partial charge on any atom is -0.381 e. The summed E-state index contributed by atoms with van der Waals surface area (Å²) in [5.41, 5.74) is 2.98. The zero-order valence-corrected chi connectivity index (χ0v) is 15.6. The third-order valence-electron chi connectivity index (χ3n) is 5.33. The van der Waals surface area contributed by atoms with E-state index in [9.17, 15) is 0 Å². The van der Waals surface area contributed by atoms with Crippen molar-refractivity contribution in [3.05, 3.63) is 35.4 Å². The van der Waals surface area contributed by atoms with Gasteiger partial charge in [-0.1, -0.05) is 24.3 Å². The predicted molar refractivity (Wildman–Crippen MR) is 103 cm³/mol. The Bertz CT molecular complexity index is 569. The number of rotatable bonds is 4. The van der Waals surface area contributed by atoms with E-state index in [0.29, 0.717) is 6.04 Å². The largest absolute Gasteiger partial charge is 0.381 e. The molecule has 1 aromatic carbocycles. The van der Waals surface area contributed by atoms with Crippen molar-refractivity contribution in [3.8, 4) is 0 Å². The molecule has 0 saturated carbocycles. The van der Waals surface area contributed by atoms with Crippen LogP contribution in [0.15, 0.2) is 29.3 Å². The molecule has 24 heavy (non-hydrogen) atoms. The maximum atomic E-state index is 5.53. The zero-order chi connectivity index (χ0) is 16.8. The lowest BCUT2D eigenvalue weighted by molar-refractivity contribution is 0.0782. The van der Waals surface area contributed by atoms with E-state index >= 15 is 0 Å². The summed E-state index contributed by atoms with van der Waals surface area (Å²) >= 11 is 1.96. The molecule has 0 bridgehead atoms. The second-order valence-electron chi connectivity index (χ2n) is 6.78. The maximum absolute atomic E-state index is 5.53. The van der Waals surface area contributed by atoms with Crippen LogP contribution in [-0.2, 0) is 17.6 Å². The number of ether oxygens (including phenoxy) is 1. The molecule has 0 radical (unpaired) electrons. The molecule has 3 rings (SSSR count). The van der Waals surface area contributed by atoms with Gasteiger partial charge in [-0.15, -0.1) is 0 Å². The lowest BCUT2D eigenvalue weighted by Gasteiger charge is -2.36. The summed E-state index contributed by atoms with van der Waals surface area (Å²) in [5, 5.41) is 7.19. The van der Waals surface area contributed by atoms with Crippen molar-refractivity contribution in [2.75, 3.05) is 33.1 Å². The number of guanidine groups is 1. The van der Waals surface area contributed by atoms with Crippen molar-refractivity contribution in [2.45, 2.75) is 42.9 Å². The highest BCUT2D eigenvalue weighted by Gasteiger charge is 2.32. The number of hydrogen-bond acceptors (Lipinski definition) is 3. The third-order valence-corrected chi connectivity index (χ3v) is 6.74. The molecule has 1 aliphatic carbocycles. The van der Waals surface area contributed by atoms with Gasteiger partial charge in [0.15, 0.2) is 5.96 Å². The van der Waals surface area contributed by atoms with Gasteiger partial charge in [0, 0.05) is 37.6 Å². The summed E-state index contributed by atoms with van der Waals surface area (Å²) < 4.78 is 5.80. The van der Waals surface area contributed by atoms with Gasteiger partial charge in [0.05, 0.1) is 0 Å². The molecule has 1 fully saturated rings. The molecular weight excluding hydrogens is 318 g/mol. The number of aryl methyl sites for hydroxylation is 1. The Morgan fingerprint density at radius 1 is 1.29 bits per heavy atom. The Morgan fingerprint density at radius 3 is 2.75 bits per heavy atom. The maximum Gasteiger partial charge on any atom is 0.191 e. The molecule has 1 unspecified atom stereocenters. The second kappa shape index (κ2) is 8.26. The minimum absolute atomic E-state index is 0.273. The van der Waals surface area contributed by atoms with Crippen LogP contribution in [-0.4, -0.2) is 49.8 Å². The van der Waals surface area contributed by atoms with E-state index in [0.717, 1.165) is 51.4 Å². The first-order chi connectivity index (χ1) is 11.7.